The first kappa shape index (κ1) is 22.1. The van der Waals surface area contributed by atoms with Gasteiger partial charge < -0.3 is 14.8 Å². The Hall–Kier alpha value is -2.57. The predicted octanol–water partition coefficient (Wildman–Crippen LogP) is 4.30. The maximum atomic E-state index is 12.0. The van der Waals surface area contributed by atoms with Crippen molar-refractivity contribution in [2.24, 2.45) is 5.10 Å². The van der Waals surface area contributed by atoms with Gasteiger partial charge in [-0.2, -0.15) is 5.10 Å². The lowest BCUT2D eigenvalue weighted by atomic mass is 9.95. The highest BCUT2D eigenvalue weighted by Gasteiger charge is 2.13. The number of ether oxygens (including phenoxy) is 2. The summed E-state index contributed by atoms with van der Waals surface area (Å²) < 4.78 is 11.3. The summed E-state index contributed by atoms with van der Waals surface area (Å²) in [6.45, 7) is 0.619. The number of rotatable bonds is 9. The standard InChI is InChI=1S/C23H28ClN3O3/c1-29-22-13-17(11-12-21(22)30-16-18-7-5-6-10-20(18)24)14-26-27-23(28)15-25-19-8-3-2-4-9-19/h5-7,10-14,19,25H,2-4,8-9,15-16H2,1H3,(H,27,28)/b26-14-. The molecule has 1 amide bonds. The van der Waals surface area contributed by atoms with E-state index in [2.05, 4.69) is 15.8 Å². The zero-order valence-corrected chi connectivity index (χ0v) is 18.0. The number of nitrogens with one attached hydrogen (secondary N) is 2. The molecule has 0 unspecified atom stereocenters. The molecule has 1 saturated carbocycles. The van der Waals surface area contributed by atoms with Crippen molar-refractivity contribution in [1.82, 2.24) is 10.7 Å². The molecule has 0 radical (unpaired) electrons. The van der Waals surface area contributed by atoms with E-state index >= 15 is 0 Å². The van der Waals surface area contributed by atoms with Crippen molar-refractivity contribution >= 4 is 23.7 Å². The summed E-state index contributed by atoms with van der Waals surface area (Å²) in [5.74, 6) is 1.04. The molecule has 0 aliphatic heterocycles. The van der Waals surface area contributed by atoms with Gasteiger partial charge in [-0.3, -0.25) is 4.79 Å². The van der Waals surface area contributed by atoms with E-state index in [-0.39, 0.29) is 12.5 Å². The minimum atomic E-state index is -0.150. The summed E-state index contributed by atoms with van der Waals surface area (Å²) in [5.41, 5.74) is 4.25. The predicted molar refractivity (Wildman–Crippen MR) is 119 cm³/mol. The van der Waals surface area contributed by atoms with Crippen molar-refractivity contribution in [1.29, 1.82) is 0 Å². The van der Waals surface area contributed by atoms with Gasteiger partial charge in [0.25, 0.3) is 5.91 Å². The summed E-state index contributed by atoms with van der Waals surface area (Å²) >= 11 is 6.17. The van der Waals surface area contributed by atoms with E-state index < -0.39 is 0 Å². The van der Waals surface area contributed by atoms with Gasteiger partial charge in [0.05, 0.1) is 19.9 Å². The van der Waals surface area contributed by atoms with E-state index in [9.17, 15) is 4.79 Å². The lowest BCUT2D eigenvalue weighted by molar-refractivity contribution is -0.120. The molecule has 0 heterocycles. The Morgan fingerprint density at radius 2 is 1.97 bits per heavy atom. The molecule has 30 heavy (non-hydrogen) atoms. The smallest absolute Gasteiger partial charge is 0.254 e. The molecule has 2 aromatic rings. The van der Waals surface area contributed by atoms with Gasteiger partial charge in [-0.25, -0.2) is 5.43 Å². The fraction of sp³-hybridized carbons (Fsp3) is 0.391. The van der Waals surface area contributed by atoms with Gasteiger partial charge >= 0.3 is 0 Å². The Balaban J connectivity index is 1.49. The van der Waals surface area contributed by atoms with Crippen LogP contribution in [-0.4, -0.2) is 31.8 Å². The maximum absolute atomic E-state index is 12.0. The van der Waals surface area contributed by atoms with Gasteiger partial charge in [0.2, 0.25) is 0 Å². The molecular weight excluding hydrogens is 402 g/mol. The Bertz CT molecular complexity index is 867. The lowest BCUT2D eigenvalue weighted by Crippen LogP contribution is -2.38. The van der Waals surface area contributed by atoms with Crippen molar-refractivity contribution in [3.8, 4) is 11.5 Å². The fourth-order valence-electron chi connectivity index (χ4n) is 3.42. The second-order valence-corrected chi connectivity index (χ2v) is 7.71. The van der Waals surface area contributed by atoms with Crippen molar-refractivity contribution in [2.45, 2.75) is 44.8 Å². The molecule has 160 valence electrons. The normalized spacial score (nSPS) is 14.6. The zero-order valence-electron chi connectivity index (χ0n) is 17.2. The first-order valence-corrected chi connectivity index (χ1v) is 10.6. The van der Waals surface area contributed by atoms with Crippen molar-refractivity contribution in [3.05, 3.63) is 58.6 Å². The number of hydrogen-bond donors (Lipinski definition) is 2. The average Bonchev–Trinajstić information content (AvgIpc) is 2.78. The van der Waals surface area contributed by atoms with Gasteiger partial charge in [0.1, 0.15) is 6.61 Å². The van der Waals surface area contributed by atoms with Crippen LogP contribution in [0.15, 0.2) is 47.6 Å². The van der Waals surface area contributed by atoms with E-state index in [1.54, 1.807) is 19.4 Å². The first-order chi connectivity index (χ1) is 14.7. The Morgan fingerprint density at radius 1 is 1.17 bits per heavy atom. The minimum Gasteiger partial charge on any atom is -0.493 e. The van der Waals surface area contributed by atoms with E-state index in [4.69, 9.17) is 21.1 Å². The maximum Gasteiger partial charge on any atom is 0.254 e. The molecule has 3 rings (SSSR count). The molecule has 1 aliphatic rings. The van der Waals surface area contributed by atoms with E-state index in [1.807, 2.05) is 36.4 Å². The van der Waals surface area contributed by atoms with Gasteiger partial charge in [-0.05, 0) is 42.7 Å². The number of carbonyl (C=O) groups is 1. The molecule has 7 heteroatoms. The lowest BCUT2D eigenvalue weighted by Gasteiger charge is -2.22. The second-order valence-electron chi connectivity index (χ2n) is 7.30. The van der Waals surface area contributed by atoms with Gasteiger partial charge in [-0.15, -0.1) is 0 Å². The zero-order chi connectivity index (χ0) is 21.2. The number of carbonyl (C=O) groups excluding carboxylic acids is 1. The van der Waals surface area contributed by atoms with Crippen LogP contribution in [0.2, 0.25) is 5.02 Å². The molecule has 1 aliphatic carbocycles. The number of benzene rings is 2. The highest BCUT2D eigenvalue weighted by molar-refractivity contribution is 6.31. The average molecular weight is 430 g/mol. The number of methoxy groups -OCH3 is 1. The SMILES string of the molecule is COc1cc(/C=N\NC(=O)CNC2CCCCC2)ccc1OCc1ccccc1Cl. The topological polar surface area (TPSA) is 72.0 Å². The molecule has 6 nitrogen and oxygen atoms in total. The third kappa shape index (κ3) is 6.75. The monoisotopic (exact) mass is 429 g/mol. The molecule has 2 N–H and O–H groups in total. The van der Waals surface area contributed by atoms with Crippen LogP contribution in [-0.2, 0) is 11.4 Å². The molecule has 2 aromatic carbocycles. The third-order valence-electron chi connectivity index (χ3n) is 5.09. The van der Waals surface area contributed by atoms with Crippen molar-refractivity contribution < 1.29 is 14.3 Å². The number of hydrogen-bond acceptors (Lipinski definition) is 5. The Kier molecular flexibility index (Phi) is 8.53. The van der Waals surface area contributed by atoms with Crippen molar-refractivity contribution in [3.63, 3.8) is 0 Å². The largest absolute Gasteiger partial charge is 0.493 e. The Labute approximate surface area is 182 Å². The van der Waals surface area contributed by atoms with Gasteiger partial charge in [-0.1, -0.05) is 49.1 Å². The quantitative estimate of drug-likeness (QED) is 0.460. The van der Waals surface area contributed by atoms with Crippen LogP contribution in [0.5, 0.6) is 11.5 Å². The summed E-state index contributed by atoms with van der Waals surface area (Å²) in [5, 5.41) is 7.99. The van der Waals surface area contributed by atoms with Gasteiger partial charge in [0, 0.05) is 16.6 Å². The molecule has 1 fully saturated rings. The van der Waals surface area contributed by atoms with E-state index in [0.717, 1.165) is 24.0 Å². The van der Waals surface area contributed by atoms with Crippen LogP contribution in [0.4, 0.5) is 0 Å². The van der Waals surface area contributed by atoms with Crippen LogP contribution in [0.25, 0.3) is 0 Å². The Morgan fingerprint density at radius 3 is 2.73 bits per heavy atom. The summed E-state index contributed by atoms with van der Waals surface area (Å²) in [6.07, 6.45) is 7.62. The van der Waals surface area contributed by atoms with Crippen LogP contribution in [0.3, 0.4) is 0 Å². The summed E-state index contributed by atoms with van der Waals surface area (Å²) in [7, 11) is 1.58. The molecule has 0 bridgehead atoms. The molecule has 0 atom stereocenters. The van der Waals surface area contributed by atoms with Crippen molar-refractivity contribution in [2.75, 3.05) is 13.7 Å². The number of halogens is 1. The highest BCUT2D eigenvalue weighted by Crippen LogP contribution is 2.29. The van der Waals surface area contributed by atoms with Crippen LogP contribution >= 0.6 is 11.6 Å². The van der Waals surface area contributed by atoms with Crippen LogP contribution in [0.1, 0.15) is 43.2 Å². The van der Waals surface area contributed by atoms with Crippen LogP contribution in [0, 0.1) is 0 Å². The van der Waals surface area contributed by atoms with E-state index in [1.165, 1.54) is 19.3 Å². The van der Waals surface area contributed by atoms with Gasteiger partial charge in [0.15, 0.2) is 11.5 Å². The minimum absolute atomic E-state index is 0.150. The summed E-state index contributed by atoms with van der Waals surface area (Å²) in [6, 6.07) is 13.4. The molecule has 0 aromatic heterocycles. The fourth-order valence-corrected chi connectivity index (χ4v) is 3.61. The molecule has 0 spiro atoms. The second kappa shape index (κ2) is 11.6. The molecular formula is C23H28ClN3O3. The van der Waals surface area contributed by atoms with E-state index in [0.29, 0.717) is 29.2 Å². The molecule has 0 saturated heterocycles. The first-order valence-electron chi connectivity index (χ1n) is 10.2. The third-order valence-corrected chi connectivity index (χ3v) is 5.46. The van der Waals surface area contributed by atoms with Crippen LogP contribution < -0.4 is 20.2 Å². The number of hydrazone groups is 1. The number of nitrogens with zero attached hydrogens (tertiary/aromatic N) is 1. The highest BCUT2D eigenvalue weighted by atomic mass is 35.5. The summed E-state index contributed by atoms with van der Waals surface area (Å²) in [4.78, 5) is 12.0. The number of amides is 1.